The molecule has 1 rings (SSSR count). The minimum absolute atomic E-state index is 0.0753. The topological polar surface area (TPSA) is 21.3 Å². The molecular weight excluding hydrogens is 309 g/mol. The third kappa shape index (κ3) is 5.43. The van der Waals surface area contributed by atoms with E-state index in [4.69, 9.17) is 4.74 Å². The summed E-state index contributed by atoms with van der Waals surface area (Å²) < 4.78 is 18.9. The van der Waals surface area contributed by atoms with Crippen LogP contribution in [0.5, 0.6) is 0 Å². The van der Waals surface area contributed by atoms with Gasteiger partial charge in [-0.3, -0.25) is 0 Å². The van der Waals surface area contributed by atoms with E-state index in [0.29, 0.717) is 6.61 Å². The average molecular weight is 330 g/mol. The molecule has 0 spiro atoms. The van der Waals surface area contributed by atoms with E-state index < -0.39 is 0 Å². The Kier molecular flexibility index (Phi) is 6.69. The van der Waals surface area contributed by atoms with Gasteiger partial charge in [-0.1, -0.05) is 35.0 Å². The highest BCUT2D eigenvalue weighted by molar-refractivity contribution is 9.10. The Hall–Kier alpha value is -0.710. The standard InChI is InChI=1S/C15H21BrFNO/c1-4-15(2,11-18-7-8-19-3)10-12-5-6-13(17)9-14(12)16/h4-6,9,18H,1,7-8,10-11H2,2-3H3. The lowest BCUT2D eigenvalue weighted by Gasteiger charge is -2.27. The molecule has 0 aliphatic carbocycles. The van der Waals surface area contributed by atoms with Crippen LogP contribution in [0.25, 0.3) is 0 Å². The molecule has 1 unspecified atom stereocenters. The minimum Gasteiger partial charge on any atom is -0.383 e. The molecule has 0 radical (unpaired) electrons. The largest absolute Gasteiger partial charge is 0.383 e. The van der Waals surface area contributed by atoms with Gasteiger partial charge in [0.2, 0.25) is 0 Å². The number of hydrogen-bond acceptors (Lipinski definition) is 2. The van der Waals surface area contributed by atoms with E-state index in [-0.39, 0.29) is 11.2 Å². The fourth-order valence-corrected chi connectivity index (χ4v) is 2.35. The highest BCUT2D eigenvalue weighted by Gasteiger charge is 2.21. The summed E-state index contributed by atoms with van der Waals surface area (Å²) in [6.07, 6.45) is 2.75. The molecule has 0 bridgehead atoms. The highest BCUT2D eigenvalue weighted by Crippen LogP contribution is 2.28. The first-order valence-electron chi connectivity index (χ1n) is 6.28. The summed E-state index contributed by atoms with van der Waals surface area (Å²) in [5, 5.41) is 3.34. The average Bonchev–Trinajstić information content (AvgIpc) is 2.38. The Bertz CT molecular complexity index is 425. The van der Waals surface area contributed by atoms with Crippen LogP contribution in [0.3, 0.4) is 0 Å². The molecule has 1 aromatic carbocycles. The van der Waals surface area contributed by atoms with Gasteiger partial charge < -0.3 is 10.1 Å². The maximum atomic E-state index is 13.1. The van der Waals surface area contributed by atoms with Gasteiger partial charge in [0.05, 0.1) is 6.61 Å². The Morgan fingerprint density at radius 1 is 1.53 bits per heavy atom. The van der Waals surface area contributed by atoms with Gasteiger partial charge in [-0.2, -0.15) is 0 Å². The quantitative estimate of drug-likeness (QED) is 0.581. The van der Waals surface area contributed by atoms with Crippen molar-refractivity contribution in [1.82, 2.24) is 5.32 Å². The van der Waals surface area contributed by atoms with Crippen LogP contribution < -0.4 is 5.32 Å². The minimum atomic E-state index is -0.228. The van der Waals surface area contributed by atoms with E-state index >= 15 is 0 Å². The first-order chi connectivity index (χ1) is 9.00. The zero-order valence-corrected chi connectivity index (χ0v) is 13.1. The van der Waals surface area contributed by atoms with Crippen LogP contribution >= 0.6 is 15.9 Å². The summed E-state index contributed by atoms with van der Waals surface area (Å²) in [6, 6.07) is 4.80. The monoisotopic (exact) mass is 329 g/mol. The number of nitrogens with one attached hydrogen (secondary N) is 1. The van der Waals surface area contributed by atoms with Crippen LogP contribution in [0, 0.1) is 11.2 Å². The molecule has 1 N–H and O–H groups in total. The molecular formula is C15H21BrFNO. The number of methoxy groups -OCH3 is 1. The van der Waals surface area contributed by atoms with E-state index in [0.717, 1.165) is 29.5 Å². The molecule has 4 heteroatoms. The second-order valence-electron chi connectivity index (χ2n) is 4.94. The molecule has 1 atom stereocenters. The second-order valence-corrected chi connectivity index (χ2v) is 5.79. The van der Waals surface area contributed by atoms with E-state index in [1.807, 2.05) is 12.1 Å². The molecule has 0 amide bonds. The normalized spacial score (nSPS) is 14.1. The van der Waals surface area contributed by atoms with Crippen molar-refractivity contribution in [3.8, 4) is 0 Å². The van der Waals surface area contributed by atoms with E-state index in [9.17, 15) is 4.39 Å². The Labute approximate surface area is 123 Å². The van der Waals surface area contributed by atoms with Gasteiger partial charge in [0.1, 0.15) is 5.82 Å². The zero-order chi connectivity index (χ0) is 14.3. The second kappa shape index (κ2) is 7.78. The van der Waals surface area contributed by atoms with Gasteiger partial charge in [-0.25, -0.2) is 4.39 Å². The smallest absolute Gasteiger partial charge is 0.124 e. The molecule has 106 valence electrons. The SMILES string of the molecule is C=CC(C)(CNCCOC)Cc1ccc(F)cc1Br. The Morgan fingerprint density at radius 2 is 2.26 bits per heavy atom. The van der Waals surface area contributed by atoms with Crippen LogP contribution in [-0.2, 0) is 11.2 Å². The van der Waals surface area contributed by atoms with Gasteiger partial charge in [0, 0.05) is 30.1 Å². The van der Waals surface area contributed by atoms with Gasteiger partial charge in [-0.05, 0) is 24.1 Å². The molecule has 19 heavy (non-hydrogen) atoms. The van der Waals surface area contributed by atoms with Crippen molar-refractivity contribution >= 4 is 15.9 Å². The van der Waals surface area contributed by atoms with Crippen LogP contribution in [0.1, 0.15) is 12.5 Å². The van der Waals surface area contributed by atoms with Crippen LogP contribution in [0.4, 0.5) is 4.39 Å². The number of rotatable bonds is 8. The molecule has 0 saturated heterocycles. The van der Waals surface area contributed by atoms with Crippen molar-refractivity contribution < 1.29 is 9.13 Å². The van der Waals surface area contributed by atoms with Crippen LogP contribution in [0.15, 0.2) is 35.3 Å². The fraction of sp³-hybridized carbons (Fsp3) is 0.467. The molecule has 1 aromatic rings. The molecule has 0 heterocycles. The third-order valence-corrected chi connectivity index (χ3v) is 3.85. The van der Waals surface area contributed by atoms with Crippen molar-refractivity contribution in [3.05, 3.63) is 46.7 Å². The first kappa shape index (κ1) is 16.3. The summed E-state index contributed by atoms with van der Waals surface area (Å²) in [6.45, 7) is 8.36. The fourth-order valence-electron chi connectivity index (χ4n) is 1.86. The van der Waals surface area contributed by atoms with Gasteiger partial charge in [-0.15, -0.1) is 6.58 Å². The lowest BCUT2D eigenvalue weighted by atomic mass is 9.83. The van der Waals surface area contributed by atoms with Crippen LogP contribution in [-0.4, -0.2) is 26.8 Å². The van der Waals surface area contributed by atoms with Crippen molar-refractivity contribution in [2.75, 3.05) is 26.8 Å². The molecule has 0 fully saturated rings. The first-order valence-corrected chi connectivity index (χ1v) is 7.07. The molecule has 0 aliphatic heterocycles. The molecule has 0 aromatic heterocycles. The van der Waals surface area contributed by atoms with E-state index in [2.05, 4.69) is 34.7 Å². The van der Waals surface area contributed by atoms with Crippen LogP contribution in [0.2, 0.25) is 0 Å². The van der Waals surface area contributed by atoms with Gasteiger partial charge >= 0.3 is 0 Å². The maximum Gasteiger partial charge on any atom is 0.124 e. The Balaban J connectivity index is 2.66. The maximum absolute atomic E-state index is 13.1. The number of hydrogen-bond donors (Lipinski definition) is 1. The lowest BCUT2D eigenvalue weighted by molar-refractivity contribution is 0.195. The lowest BCUT2D eigenvalue weighted by Crippen LogP contribution is -2.33. The van der Waals surface area contributed by atoms with Gasteiger partial charge in [0.25, 0.3) is 0 Å². The molecule has 2 nitrogen and oxygen atoms in total. The van der Waals surface area contributed by atoms with E-state index in [1.165, 1.54) is 12.1 Å². The predicted octanol–water partition coefficient (Wildman–Crippen LogP) is 3.56. The zero-order valence-electron chi connectivity index (χ0n) is 11.5. The molecule has 0 aliphatic rings. The Morgan fingerprint density at radius 3 is 2.84 bits per heavy atom. The third-order valence-electron chi connectivity index (χ3n) is 3.11. The summed E-state index contributed by atoms with van der Waals surface area (Å²) in [5.41, 5.74) is 1.01. The highest BCUT2D eigenvalue weighted by atomic mass is 79.9. The predicted molar refractivity (Wildman–Crippen MR) is 80.9 cm³/mol. The number of halogens is 2. The van der Waals surface area contributed by atoms with Crippen molar-refractivity contribution in [2.24, 2.45) is 5.41 Å². The summed E-state index contributed by atoms with van der Waals surface area (Å²) in [4.78, 5) is 0. The number of benzene rings is 1. The van der Waals surface area contributed by atoms with E-state index in [1.54, 1.807) is 7.11 Å². The summed E-state index contributed by atoms with van der Waals surface area (Å²) in [5.74, 6) is -0.228. The molecule has 0 saturated carbocycles. The van der Waals surface area contributed by atoms with Gasteiger partial charge in [0.15, 0.2) is 0 Å². The van der Waals surface area contributed by atoms with Crippen molar-refractivity contribution in [1.29, 1.82) is 0 Å². The van der Waals surface area contributed by atoms with Crippen molar-refractivity contribution in [3.63, 3.8) is 0 Å². The summed E-state index contributed by atoms with van der Waals surface area (Å²) >= 11 is 3.41. The van der Waals surface area contributed by atoms with Crippen molar-refractivity contribution in [2.45, 2.75) is 13.3 Å². The summed E-state index contributed by atoms with van der Waals surface area (Å²) in [7, 11) is 1.68. The number of ether oxygens (including phenoxy) is 1.